The van der Waals surface area contributed by atoms with E-state index in [1.54, 1.807) is 18.0 Å². The molecule has 2 aliphatic heterocycles. The number of carbonyl (C=O) groups is 2. The van der Waals surface area contributed by atoms with Gasteiger partial charge in [-0.1, -0.05) is 0 Å². The summed E-state index contributed by atoms with van der Waals surface area (Å²) >= 11 is 0. The van der Waals surface area contributed by atoms with Gasteiger partial charge in [-0.3, -0.25) is 14.3 Å². The molecule has 2 fully saturated rings. The van der Waals surface area contributed by atoms with Gasteiger partial charge in [0.05, 0.1) is 18.2 Å². The van der Waals surface area contributed by atoms with E-state index in [4.69, 9.17) is 4.74 Å². The highest BCUT2D eigenvalue weighted by atomic mass is 16.5. The van der Waals surface area contributed by atoms with Gasteiger partial charge in [0.1, 0.15) is 24.2 Å². The molecule has 0 saturated carbocycles. The van der Waals surface area contributed by atoms with Crippen molar-refractivity contribution in [2.75, 3.05) is 33.3 Å². The van der Waals surface area contributed by atoms with Crippen LogP contribution in [-0.2, 0) is 18.4 Å². The first-order valence-electron chi connectivity index (χ1n) is 11.0. The molecule has 0 N–H and O–H groups in total. The van der Waals surface area contributed by atoms with Crippen LogP contribution in [-0.4, -0.2) is 89.9 Å². The maximum Gasteiger partial charge on any atom is 0.259 e. The maximum absolute atomic E-state index is 13.5. The fourth-order valence-electron chi connectivity index (χ4n) is 5.15. The van der Waals surface area contributed by atoms with Gasteiger partial charge in [-0.2, -0.15) is 5.10 Å². The predicted molar refractivity (Wildman–Crippen MR) is 116 cm³/mol. The number of hydrogen-bond acceptors (Lipinski definition) is 8. The molecule has 12 nitrogen and oxygen atoms in total. The zero-order valence-electron chi connectivity index (χ0n) is 19.1. The second-order valence-corrected chi connectivity index (χ2v) is 8.98. The van der Waals surface area contributed by atoms with E-state index in [2.05, 4.69) is 25.6 Å². The van der Waals surface area contributed by atoms with E-state index in [9.17, 15) is 9.59 Å². The van der Waals surface area contributed by atoms with E-state index < -0.39 is 0 Å². The molecular weight excluding hydrogens is 426 g/mol. The van der Waals surface area contributed by atoms with Crippen LogP contribution in [0.25, 0.3) is 11.0 Å². The van der Waals surface area contributed by atoms with Crippen molar-refractivity contribution >= 4 is 22.8 Å². The van der Waals surface area contributed by atoms with Crippen molar-refractivity contribution in [2.24, 2.45) is 12.5 Å². The molecule has 5 heterocycles. The summed E-state index contributed by atoms with van der Waals surface area (Å²) < 4.78 is 8.78. The first kappa shape index (κ1) is 21.3. The number of aromatic nitrogens is 7. The van der Waals surface area contributed by atoms with Gasteiger partial charge < -0.3 is 14.5 Å². The highest BCUT2D eigenvalue weighted by Gasteiger charge is 2.43. The molecule has 0 unspecified atom stereocenters. The number of aryl methyl sites for hydroxylation is 2. The molecule has 1 spiro atoms. The average Bonchev–Trinajstić information content (AvgIpc) is 3.54. The second kappa shape index (κ2) is 8.09. The molecule has 3 aromatic rings. The van der Waals surface area contributed by atoms with E-state index >= 15 is 0 Å². The van der Waals surface area contributed by atoms with Crippen LogP contribution in [0.15, 0.2) is 12.5 Å². The van der Waals surface area contributed by atoms with Crippen LogP contribution in [0.1, 0.15) is 35.3 Å². The monoisotopic (exact) mass is 453 g/mol. The van der Waals surface area contributed by atoms with Gasteiger partial charge in [0, 0.05) is 39.4 Å². The number of hydrogen-bond donors (Lipinski definition) is 0. The molecule has 2 aliphatic rings. The van der Waals surface area contributed by atoms with Gasteiger partial charge in [-0.25, -0.2) is 9.67 Å². The third-order valence-electron chi connectivity index (χ3n) is 7.01. The number of ether oxygens (including phenoxy) is 1. The number of pyridine rings is 1. The van der Waals surface area contributed by atoms with Crippen molar-refractivity contribution in [3.05, 3.63) is 23.8 Å². The van der Waals surface area contributed by atoms with Gasteiger partial charge in [0.25, 0.3) is 5.91 Å². The van der Waals surface area contributed by atoms with E-state index in [1.165, 1.54) is 11.0 Å². The van der Waals surface area contributed by atoms with Crippen LogP contribution in [0.2, 0.25) is 0 Å². The van der Waals surface area contributed by atoms with Gasteiger partial charge in [-0.15, -0.1) is 5.10 Å². The lowest BCUT2D eigenvalue weighted by Gasteiger charge is -2.39. The summed E-state index contributed by atoms with van der Waals surface area (Å²) in [6.07, 6.45) is 5.70. The highest BCUT2D eigenvalue weighted by Crippen LogP contribution is 2.41. The molecule has 5 rings (SSSR count). The number of piperidine rings is 1. The number of carbonyl (C=O) groups excluding carboxylic acids is 2. The maximum atomic E-state index is 13.5. The number of likely N-dealkylation sites (tertiary alicyclic amines) is 2. The van der Waals surface area contributed by atoms with Crippen molar-refractivity contribution in [2.45, 2.75) is 32.7 Å². The third kappa shape index (κ3) is 3.68. The summed E-state index contributed by atoms with van der Waals surface area (Å²) in [6.45, 7) is 4.75. The zero-order chi connectivity index (χ0) is 23.2. The Kier molecular flexibility index (Phi) is 5.22. The Balaban J connectivity index is 1.27. The minimum atomic E-state index is -0.0708. The molecule has 0 bridgehead atoms. The number of methoxy groups -OCH3 is 1. The summed E-state index contributed by atoms with van der Waals surface area (Å²) in [5, 5.41) is 16.1. The number of rotatable bonds is 4. The van der Waals surface area contributed by atoms with E-state index in [1.807, 2.05) is 23.8 Å². The van der Waals surface area contributed by atoms with Crippen molar-refractivity contribution in [1.29, 1.82) is 0 Å². The first-order chi connectivity index (χ1) is 15.9. The molecule has 0 atom stereocenters. The zero-order valence-corrected chi connectivity index (χ0v) is 19.1. The Hall–Kier alpha value is -3.57. The SMILES string of the molecule is COc1c(C(=O)N2CCC3(CCN(C(=O)Cn4cnnn4)CC3)C2)cnc2c1c(C)nn2C. The summed E-state index contributed by atoms with van der Waals surface area (Å²) in [5.74, 6) is 0.470. The van der Waals surface area contributed by atoms with E-state index in [0.717, 1.165) is 30.3 Å². The largest absolute Gasteiger partial charge is 0.495 e. The lowest BCUT2D eigenvalue weighted by molar-refractivity contribution is -0.134. The fourth-order valence-corrected chi connectivity index (χ4v) is 5.15. The number of nitrogens with zero attached hydrogens (tertiary/aromatic N) is 9. The van der Waals surface area contributed by atoms with Crippen molar-refractivity contribution in [3.8, 4) is 5.75 Å². The molecule has 12 heteroatoms. The molecule has 2 amide bonds. The Labute approximate surface area is 190 Å². The Bertz CT molecular complexity index is 1200. The fraction of sp³-hybridized carbons (Fsp3) is 0.571. The van der Waals surface area contributed by atoms with Gasteiger partial charge in [0.2, 0.25) is 5.91 Å². The quantitative estimate of drug-likeness (QED) is 0.557. The summed E-state index contributed by atoms with van der Waals surface area (Å²) in [5.41, 5.74) is 1.98. The average molecular weight is 454 g/mol. The molecular formula is C21H27N9O3. The highest BCUT2D eigenvalue weighted by molar-refractivity contribution is 6.02. The van der Waals surface area contributed by atoms with Gasteiger partial charge >= 0.3 is 0 Å². The van der Waals surface area contributed by atoms with E-state index in [0.29, 0.717) is 43.1 Å². The smallest absolute Gasteiger partial charge is 0.259 e. The van der Waals surface area contributed by atoms with Crippen molar-refractivity contribution in [1.82, 2.24) is 44.8 Å². The topological polar surface area (TPSA) is 124 Å². The molecule has 2 saturated heterocycles. The standard InChI is InChI=1S/C21H27N9O3/c1-14-17-18(33-3)15(10-22-19(17)27(2)24-14)20(32)29-9-6-21(12-29)4-7-28(8-5-21)16(31)11-30-13-23-25-26-30/h10,13H,4-9,11-12H2,1-3H3. The van der Waals surface area contributed by atoms with Crippen LogP contribution in [0.5, 0.6) is 5.75 Å². The van der Waals surface area contributed by atoms with Crippen LogP contribution in [0.4, 0.5) is 0 Å². The Morgan fingerprint density at radius 3 is 2.55 bits per heavy atom. The molecule has 0 aliphatic carbocycles. The normalized spacial score (nSPS) is 17.8. The van der Waals surface area contributed by atoms with Gasteiger partial charge in [0.15, 0.2) is 5.65 Å². The minimum absolute atomic E-state index is 0.0130. The summed E-state index contributed by atoms with van der Waals surface area (Å²) in [4.78, 5) is 34.3. The Morgan fingerprint density at radius 1 is 1.15 bits per heavy atom. The van der Waals surface area contributed by atoms with Crippen LogP contribution >= 0.6 is 0 Å². The van der Waals surface area contributed by atoms with E-state index in [-0.39, 0.29) is 23.8 Å². The first-order valence-corrected chi connectivity index (χ1v) is 11.0. The predicted octanol–water partition coefficient (Wildman–Crippen LogP) is 0.427. The third-order valence-corrected chi connectivity index (χ3v) is 7.01. The van der Waals surface area contributed by atoms with Crippen molar-refractivity contribution < 1.29 is 14.3 Å². The molecule has 0 radical (unpaired) electrons. The number of fused-ring (bicyclic) bond motifs is 1. The number of tetrazole rings is 1. The van der Waals surface area contributed by atoms with Crippen LogP contribution in [0.3, 0.4) is 0 Å². The molecule has 174 valence electrons. The lowest BCUT2D eigenvalue weighted by Crippen LogP contribution is -2.45. The molecule has 3 aromatic heterocycles. The summed E-state index contributed by atoms with van der Waals surface area (Å²) in [6, 6.07) is 0. The minimum Gasteiger partial charge on any atom is -0.495 e. The molecule has 0 aromatic carbocycles. The Morgan fingerprint density at radius 2 is 1.88 bits per heavy atom. The second-order valence-electron chi connectivity index (χ2n) is 8.98. The van der Waals surface area contributed by atoms with Crippen LogP contribution in [0, 0.1) is 12.3 Å². The molecule has 33 heavy (non-hydrogen) atoms. The van der Waals surface area contributed by atoms with Crippen molar-refractivity contribution in [3.63, 3.8) is 0 Å². The number of amides is 2. The summed E-state index contributed by atoms with van der Waals surface area (Å²) in [7, 11) is 3.40. The van der Waals surface area contributed by atoms with Crippen LogP contribution < -0.4 is 4.74 Å². The lowest BCUT2D eigenvalue weighted by atomic mass is 9.78. The van der Waals surface area contributed by atoms with Gasteiger partial charge in [-0.05, 0) is 42.0 Å².